The number of aryl methyl sites for hydroxylation is 1. The molecule has 1 aliphatic rings. The van der Waals surface area contributed by atoms with Crippen molar-refractivity contribution in [2.75, 3.05) is 18.8 Å². The lowest BCUT2D eigenvalue weighted by molar-refractivity contribution is -0.126. The fourth-order valence-corrected chi connectivity index (χ4v) is 2.79. The largest absolute Gasteiger partial charge is 0.289 e. The van der Waals surface area contributed by atoms with Crippen molar-refractivity contribution in [3.63, 3.8) is 0 Å². The summed E-state index contributed by atoms with van der Waals surface area (Å²) in [5.41, 5.74) is 2.27. The lowest BCUT2D eigenvalue weighted by Gasteiger charge is -2.17. The summed E-state index contributed by atoms with van der Waals surface area (Å²) in [6.07, 6.45) is 0.463. The van der Waals surface area contributed by atoms with Gasteiger partial charge in [0.05, 0.1) is 13.0 Å². The van der Waals surface area contributed by atoms with E-state index in [-0.39, 0.29) is 5.91 Å². The van der Waals surface area contributed by atoms with Crippen LogP contribution in [-0.4, -0.2) is 34.8 Å². The maximum absolute atomic E-state index is 12.2. The number of rotatable bonds is 3. The van der Waals surface area contributed by atoms with Gasteiger partial charge in [0.15, 0.2) is 5.17 Å². The van der Waals surface area contributed by atoms with Crippen LogP contribution < -0.4 is 0 Å². The molecule has 0 N–H and O–H groups in total. The molecule has 18 heavy (non-hydrogen) atoms. The Morgan fingerprint density at radius 2 is 2.33 bits per heavy atom. The van der Waals surface area contributed by atoms with E-state index in [9.17, 15) is 4.79 Å². The van der Waals surface area contributed by atoms with Crippen molar-refractivity contribution in [3.8, 4) is 0 Å². The number of amides is 1. The van der Waals surface area contributed by atoms with Crippen LogP contribution in [0.15, 0.2) is 29.3 Å². The van der Waals surface area contributed by atoms with Crippen LogP contribution in [0.1, 0.15) is 18.1 Å². The molecule has 4 heteroatoms. The zero-order valence-corrected chi connectivity index (χ0v) is 11.7. The Labute approximate surface area is 112 Å². The molecule has 96 valence electrons. The minimum Gasteiger partial charge on any atom is -0.289 e. The summed E-state index contributed by atoms with van der Waals surface area (Å²) in [6.45, 7) is 5.59. The van der Waals surface area contributed by atoms with Gasteiger partial charge in [0.2, 0.25) is 5.91 Å². The highest BCUT2D eigenvalue weighted by Crippen LogP contribution is 2.16. The highest BCUT2D eigenvalue weighted by atomic mass is 32.2. The fraction of sp³-hybridized carbons (Fsp3) is 0.429. The van der Waals surface area contributed by atoms with Crippen molar-refractivity contribution in [1.29, 1.82) is 0 Å². The molecule has 1 aromatic carbocycles. The first-order valence-corrected chi connectivity index (χ1v) is 7.22. The van der Waals surface area contributed by atoms with E-state index in [1.165, 1.54) is 5.56 Å². The van der Waals surface area contributed by atoms with Crippen molar-refractivity contribution in [1.82, 2.24) is 4.90 Å². The van der Waals surface area contributed by atoms with Crippen LogP contribution in [-0.2, 0) is 11.2 Å². The first-order chi connectivity index (χ1) is 8.70. The summed E-state index contributed by atoms with van der Waals surface area (Å²) < 4.78 is 0. The van der Waals surface area contributed by atoms with E-state index in [0.717, 1.165) is 29.6 Å². The summed E-state index contributed by atoms with van der Waals surface area (Å²) in [4.78, 5) is 18.4. The Balaban J connectivity index is 2.02. The summed E-state index contributed by atoms with van der Waals surface area (Å²) >= 11 is 1.64. The zero-order valence-electron chi connectivity index (χ0n) is 10.8. The Morgan fingerprint density at radius 3 is 3.06 bits per heavy atom. The maximum atomic E-state index is 12.2. The quantitative estimate of drug-likeness (QED) is 0.838. The molecule has 0 aliphatic carbocycles. The van der Waals surface area contributed by atoms with Crippen LogP contribution in [0.25, 0.3) is 0 Å². The molecular weight excluding hydrogens is 244 g/mol. The summed E-state index contributed by atoms with van der Waals surface area (Å²) in [6, 6.07) is 8.11. The summed E-state index contributed by atoms with van der Waals surface area (Å²) in [7, 11) is 0. The molecule has 0 fully saturated rings. The van der Waals surface area contributed by atoms with Crippen molar-refractivity contribution >= 4 is 22.8 Å². The van der Waals surface area contributed by atoms with E-state index < -0.39 is 0 Å². The SMILES string of the molecule is CCSC1=NCCN1C(=O)Cc1cccc(C)c1. The number of carbonyl (C=O) groups is 1. The number of benzene rings is 1. The van der Waals surface area contributed by atoms with Crippen LogP contribution in [0, 0.1) is 6.92 Å². The minimum absolute atomic E-state index is 0.151. The molecule has 0 atom stereocenters. The summed E-state index contributed by atoms with van der Waals surface area (Å²) in [5.74, 6) is 1.10. The Bertz CT molecular complexity index is 471. The molecule has 0 saturated heterocycles. The van der Waals surface area contributed by atoms with Gasteiger partial charge in [-0.3, -0.25) is 14.7 Å². The van der Waals surface area contributed by atoms with Crippen LogP contribution in [0.3, 0.4) is 0 Å². The third-order valence-electron chi connectivity index (χ3n) is 2.81. The molecule has 1 heterocycles. The molecule has 1 aromatic rings. The summed E-state index contributed by atoms with van der Waals surface area (Å²) in [5, 5.41) is 0.884. The van der Waals surface area contributed by atoms with Gasteiger partial charge in [0.1, 0.15) is 0 Å². The molecule has 0 aromatic heterocycles. The second-order valence-electron chi connectivity index (χ2n) is 4.31. The van der Waals surface area contributed by atoms with Gasteiger partial charge in [-0.25, -0.2) is 0 Å². The Morgan fingerprint density at radius 1 is 1.50 bits per heavy atom. The molecule has 1 aliphatic heterocycles. The molecule has 0 saturated carbocycles. The number of aliphatic imine (C=N–C) groups is 1. The van der Waals surface area contributed by atoms with E-state index in [2.05, 4.69) is 18.0 Å². The van der Waals surface area contributed by atoms with Gasteiger partial charge >= 0.3 is 0 Å². The number of hydrogen-bond donors (Lipinski definition) is 0. The van der Waals surface area contributed by atoms with Gasteiger partial charge in [0, 0.05) is 6.54 Å². The van der Waals surface area contributed by atoms with Crippen molar-refractivity contribution in [2.24, 2.45) is 4.99 Å². The van der Waals surface area contributed by atoms with E-state index in [1.807, 2.05) is 30.0 Å². The average Bonchev–Trinajstić information content (AvgIpc) is 2.78. The smallest absolute Gasteiger partial charge is 0.233 e. The second kappa shape index (κ2) is 6.05. The molecule has 0 radical (unpaired) electrons. The number of thioether (sulfide) groups is 1. The first-order valence-electron chi connectivity index (χ1n) is 6.24. The highest BCUT2D eigenvalue weighted by Gasteiger charge is 2.23. The van der Waals surface area contributed by atoms with E-state index in [1.54, 1.807) is 11.8 Å². The number of hydrogen-bond acceptors (Lipinski definition) is 3. The van der Waals surface area contributed by atoms with Crippen molar-refractivity contribution < 1.29 is 4.79 Å². The second-order valence-corrected chi connectivity index (χ2v) is 5.54. The van der Waals surface area contributed by atoms with Gasteiger partial charge in [-0.1, -0.05) is 48.5 Å². The van der Waals surface area contributed by atoms with Gasteiger partial charge in [-0.2, -0.15) is 0 Å². The molecule has 0 unspecified atom stereocenters. The van der Waals surface area contributed by atoms with Gasteiger partial charge in [0.25, 0.3) is 0 Å². The zero-order chi connectivity index (χ0) is 13.0. The lowest BCUT2D eigenvalue weighted by atomic mass is 10.1. The average molecular weight is 262 g/mol. The van der Waals surface area contributed by atoms with Gasteiger partial charge < -0.3 is 0 Å². The standard InChI is InChI=1S/C14H18N2OS/c1-3-18-14-15-7-8-16(14)13(17)10-12-6-4-5-11(2)9-12/h4-6,9H,3,7-8,10H2,1-2H3. The van der Waals surface area contributed by atoms with E-state index in [0.29, 0.717) is 6.42 Å². The molecule has 0 bridgehead atoms. The molecule has 0 spiro atoms. The molecular formula is C14H18N2OS. The van der Waals surface area contributed by atoms with Gasteiger partial charge in [-0.15, -0.1) is 0 Å². The molecule has 3 nitrogen and oxygen atoms in total. The lowest BCUT2D eigenvalue weighted by Crippen LogP contribution is -2.34. The number of nitrogens with zero attached hydrogens (tertiary/aromatic N) is 2. The first kappa shape index (κ1) is 13.1. The van der Waals surface area contributed by atoms with Crippen molar-refractivity contribution in [3.05, 3.63) is 35.4 Å². The van der Waals surface area contributed by atoms with E-state index in [4.69, 9.17) is 0 Å². The fourth-order valence-electron chi connectivity index (χ4n) is 2.00. The van der Waals surface area contributed by atoms with Gasteiger partial charge in [-0.05, 0) is 18.2 Å². The maximum Gasteiger partial charge on any atom is 0.233 e. The third-order valence-corrected chi connectivity index (χ3v) is 3.71. The van der Waals surface area contributed by atoms with Crippen LogP contribution in [0.2, 0.25) is 0 Å². The van der Waals surface area contributed by atoms with Crippen molar-refractivity contribution in [2.45, 2.75) is 20.3 Å². The normalized spacial score (nSPS) is 14.8. The van der Waals surface area contributed by atoms with E-state index >= 15 is 0 Å². The van der Waals surface area contributed by atoms with Crippen LogP contribution >= 0.6 is 11.8 Å². The Hall–Kier alpha value is -1.29. The topological polar surface area (TPSA) is 32.7 Å². The number of carbonyl (C=O) groups excluding carboxylic acids is 1. The number of amidine groups is 1. The Kier molecular flexibility index (Phi) is 4.42. The monoisotopic (exact) mass is 262 g/mol. The third kappa shape index (κ3) is 3.13. The molecule has 2 rings (SSSR count). The highest BCUT2D eigenvalue weighted by molar-refractivity contribution is 8.13. The molecule has 1 amide bonds. The van der Waals surface area contributed by atoms with Crippen LogP contribution in [0.5, 0.6) is 0 Å². The predicted molar refractivity (Wildman–Crippen MR) is 77.0 cm³/mol. The minimum atomic E-state index is 0.151. The predicted octanol–water partition coefficient (Wildman–Crippen LogP) is 2.49. The van der Waals surface area contributed by atoms with Crippen LogP contribution in [0.4, 0.5) is 0 Å².